The SMILES string of the molecule is Cc1[nH]c(=O)[nH]c(=O)c1CCC(=O)N[C@H](C(N)=O)c1ccccc1. The summed E-state index contributed by atoms with van der Waals surface area (Å²) in [6.45, 7) is 1.58. The largest absolute Gasteiger partial charge is 0.368 e. The number of aromatic amines is 2. The zero-order chi connectivity index (χ0) is 17.7. The van der Waals surface area contributed by atoms with Crippen molar-refractivity contribution in [1.82, 2.24) is 15.3 Å². The van der Waals surface area contributed by atoms with Crippen LogP contribution in [0.2, 0.25) is 0 Å². The van der Waals surface area contributed by atoms with E-state index in [1.807, 2.05) is 0 Å². The fourth-order valence-electron chi connectivity index (χ4n) is 2.36. The molecule has 0 saturated carbocycles. The zero-order valence-electron chi connectivity index (χ0n) is 13.1. The molecular formula is C16H18N4O4. The Hall–Kier alpha value is -3.16. The first-order chi connectivity index (χ1) is 11.4. The van der Waals surface area contributed by atoms with E-state index in [1.54, 1.807) is 37.3 Å². The molecule has 1 atom stereocenters. The zero-order valence-corrected chi connectivity index (χ0v) is 13.1. The monoisotopic (exact) mass is 330 g/mol. The van der Waals surface area contributed by atoms with Crippen LogP contribution >= 0.6 is 0 Å². The van der Waals surface area contributed by atoms with Crippen LogP contribution in [0.4, 0.5) is 0 Å². The van der Waals surface area contributed by atoms with E-state index in [9.17, 15) is 19.2 Å². The fourth-order valence-corrected chi connectivity index (χ4v) is 2.36. The number of hydrogen-bond acceptors (Lipinski definition) is 4. The number of hydrogen-bond donors (Lipinski definition) is 4. The van der Waals surface area contributed by atoms with Gasteiger partial charge in [-0.3, -0.25) is 19.4 Å². The Kier molecular flexibility index (Phi) is 5.31. The van der Waals surface area contributed by atoms with E-state index in [1.165, 1.54) is 0 Å². The van der Waals surface area contributed by atoms with Crippen LogP contribution in [0.15, 0.2) is 39.9 Å². The molecule has 8 heteroatoms. The summed E-state index contributed by atoms with van der Waals surface area (Å²) in [5.41, 5.74) is 5.53. The first-order valence-corrected chi connectivity index (χ1v) is 7.34. The Labute approximate surface area is 137 Å². The summed E-state index contributed by atoms with van der Waals surface area (Å²) in [6.07, 6.45) is 0.108. The highest BCUT2D eigenvalue weighted by atomic mass is 16.2. The first-order valence-electron chi connectivity index (χ1n) is 7.34. The molecule has 2 aromatic rings. The molecule has 1 aromatic carbocycles. The number of aromatic nitrogens is 2. The number of amides is 2. The van der Waals surface area contributed by atoms with Gasteiger partial charge < -0.3 is 16.0 Å². The number of primary amides is 1. The van der Waals surface area contributed by atoms with Crippen molar-refractivity contribution in [2.24, 2.45) is 5.73 Å². The van der Waals surface area contributed by atoms with Crippen LogP contribution in [-0.4, -0.2) is 21.8 Å². The molecule has 0 aliphatic heterocycles. The molecule has 1 heterocycles. The summed E-state index contributed by atoms with van der Waals surface area (Å²) in [5, 5.41) is 2.56. The van der Waals surface area contributed by atoms with Gasteiger partial charge in [-0.1, -0.05) is 30.3 Å². The van der Waals surface area contributed by atoms with Gasteiger partial charge in [0.25, 0.3) is 5.56 Å². The van der Waals surface area contributed by atoms with Crippen molar-refractivity contribution in [3.05, 3.63) is 68.0 Å². The molecule has 24 heavy (non-hydrogen) atoms. The molecule has 0 saturated heterocycles. The van der Waals surface area contributed by atoms with E-state index in [2.05, 4.69) is 15.3 Å². The molecule has 0 aliphatic rings. The highest BCUT2D eigenvalue weighted by molar-refractivity contribution is 5.87. The Morgan fingerprint density at radius 3 is 2.42 bits per heavy atom. The predicted molar refractivity (Wildman–Crippen MR) is 87.3 cm³/mol. The average Bonchev–Trinajstić information content (AvgIpc) is 2.52. The van der Waals surface area contributed by atoms with Crippen LogP contribution in [-0.2, 0) is 16.0 Å². The van der Waals surface area contributed by atoms with Gasteiger partial charge in [-0.05, 0) is 18.9 Å². The van der Waals surface area contributed by atoms with E-state index >= 15 is 0 Å². The summed E-state index contributed by atoms with van der Waals surface area (Å²) >= 11 is 0. The second kappa shape index (κ2) is 7.40. The Morgan fingerprint density at radius 1 is 1.17 bits per heavy atom. The van der Waals surface area contributed by atoms with E-state index in [4.69, 9.17) is 5.73 Å². The molecule has 2 amide bonds. The maximum Gasteiger partial charge on any atom is 0.325 e. The summed E-state index contributed by atoms with van der Waals surface area (Å²) < 4.78 is 0. The van der Waals surface area contributed by atoms with Crippen molar-refractivity contribution in [3.63, 3.8) is 0 Å². The number of benzene rings is 1. The topological polar surface area (TPSA) is 138 Å². The van der Waals surface area contributed by atoms with Gasteiger partial charge in [0.15, 0.2) is 0 Å². The van der Waals surface area contributed by atoms with Crippen LogP contribution in [0.3, 0.4) is 0 Å². The lowest BCUT2D eigenvalue weighted by molar-refractivity contribution is -0.127. The highest BCUT2D eigenvalue weighted by Crippen LogP contribution is 2.12. The highest BCUT2D eigenvalue weighted by Gasteiger charge is 2.20. The number of carbonyl (C=O) groups excluding carboxylic acids is 2. The number of rotatable bonds is 6. The molecule has 126 valence electrons. The molecule has 8 nitrogen and oxygen atoms in total. The molecule has 0 spiro atoms. The minimum Gasteiger partial charge on any atom is -0.368 e. The molecule has 0 radical (unpaired) electrons. The van der Waals surface area contributed by atoms with Crippen molar-refractivity contribution in [3.8, 4) is 0 Å². The molecule has 0 unspecified atom stereocenters. The van der Waals surface area contributed by atoms with Crippen LogP contribution in [0.5, 0.6) is 0 Å². The van der Waals surface area contributed by atoms with Crippen molar-refractivity contribution in [2.45, 2.75) is 25.8 Å². The summed E-state index contributed by atoms with van der Waals surface area (Å²) in [7, 11) is 0. The molecule has 0 fully saturated rings. The number of carbonyl (C=O) groups is 2. The molecular weight excluding hydrogens is 312 g/mol. The summed E-state index contributed by atoms with van der Waals surface area (Å²) in [6, 6.07) is 7.70. The Bertz CT molecular complexity index is 854. The van der Waals surface area contributed by atoms with E-state index in [-0.39, 0.29) is 12.8 Å². The normalized spacial score (nSPS) is 11.7. The van der Waals surface area contributed by atoms with Crippen molar-refractivity contribution >= 4 is 11.8 Å². The van der Waals surface area contributed by atoms with Crippen molar-refractivity contribution < 1.29 is 9.59 Å². The number of nitrogens with one attached hydrogen (secondary N) is 3. The number of nitrogens with two attached hydrogens (primary N) is 1. The molecule has 5 N–H and O–H groups in total. The van der Waals surface area contributed by atoms with Gasteiger partial charge in [-0.15, -0.1) is 0 Å². The van der Waals surface area contributed by atoms with Crippen LogP contribution in [0.1, 0.15) is 29.3 Å². The number of aryl methyl sites for hydroxylation is 1. The fraction of sp³-hybridized carbons (Fsp3) is 0.250. The van der Waals surface area contributed by atoms with Crippen molar-refractivity contribution in [1.29, 1.82) is 0 Å². The van der Waals surface area contributed by atoms with E-state index < -0.39 is 29.1 Å². The van der Waals surface area contributed by atoms with Crippen LogP contribution < -0.4 is 22.3 Å². The Morgan fingerprint density at radius 2 is 1.83 bits per heavy atom. The lowest BCUT2D eigenvalue weighted by Crippen LogP contribution is -2.38. The van der Waals surface area contributed by atoms with Crippen LogP contribution in [0.25, 0.3) is 0 Å². The number of H-pyrrole nitrogens is 2. The third kappa shape index (κ3) is 4.19. The lowest BCUT2D eigenvalue weighted by Gasteiger charge is -2.16. The van der Waals surface area contributed by atoms with Gasteiger partial charge in [0.2, 0.25) is 11.8 Å². The van der Waals surface area contributed by atoms with Crippen LogP contribution in [0, 0.1) is 6.92 Å². The second-order valence-corrected chi connectivity index (χ2v) is 5.33. The summed E-state index contributed by atoms with van der Waals surface area (Å²) in [5.74, 6) is -1.10. The molecule has 2 rings (SSSR count). The lowest BCUT2D eigenvalue weighted by atomic mass is 10.1. The van der Waals surface area contributed by atoms with E-state index in [0.29, 0.717) is 16.8 Å². The molecule has 0 bridgehead atoms. The van der Waals surface area contributed by atoms with Gasteiger partial charge in [0.1, 0.15) is 6.04 Å². The predicted octanol–water partition coefficient (Wildman–Crippen LogP) is -0.353. The minimum atomic E-state index is -0.936. The second-order valence-electron chi connectivity index (χ2n) is 5.33. The van der Waals surface area contributed by atoms with Crippen molar-refractivity contribution in [2.75, 3.05) is 0 Å². The smallest absolute Gasteiger partial charge is 0.325 e. The quantitative estimate of drug-likeness (QED) is 0.575. The maximum absolute atomic E-state index is 12.1. The average molecular weight is 330 g/mol. The van der Waals surface area contributed by atoms with Gasteiger partial charge >= 0.3 is 5.69 Å². The first kappa shape index (κ1) is 17.2. The van der Waals surface area contributed by atoms with E-state index in [0.717, 1.165) is 0 Å². The van der Waals surface area contributed by atoms with Gasteiger partial charge in [-0.25, -0.2) is 4.79 Å². The third-order valence-electron chi connectivity index (χ3n) is 3.58. The molecule has 0 aliphatic carbocycles. The molecule has 1 aromatic heterocycles. The summed E-state index contributed by atoms with van der Waals surface area (Å²) in [4.78, 5) is 51.1. The maximum atomic E-state index is 12.1. The Balaban J connectivity index is 2.06. The van der Waals surface area contributed by atoms with Gasteiger partial charge in [-0.2, -0.15) is 0 Å². The van der Waals surface area contributed by atoms with Gasteiger partial charge in [0, 0.05) is 17.7 Å². The van der Waals surface area contributed by atoms with Gasteiger partial charge in [0.05, 0.1) is 0 Å². The standard InChI is InChI=1S/C16H18N4O4/c1-9-11(15(23)20-16(24)18-9)7-8-12(21)19-13(14(17)22)10-5-3-2-4-6-10/h2-6,13H,7-8H2,1H3,(H2,17,22)(H,19,21)(H2,18,20,23,24)/t13-/m0/s1. The minimum absolute atomic E-state index is 0.0213. The third-order valence-corrected chi connectivity index (χ3v) is 3.58.